The molecule has 0 saturated carbocycles. The Morgan fingerprint density at radius 1 is 1.53 bits per heavy atom. The number of aliphatic carboxylic acids is 1. The minimum absolute atomic E-state index is 0.0709. The number of likely N-dealkylation sites (tertiary alicyclic amines) is 1. The van der Waals surface area contributed by atoms with E-state index in [0.717, 1.165) is 6.42 Å². The lowest BCUT2D eigenvalue weighted by molar-refractivity contribution is -0.138. The third-order valence-electron chi connectivity index (χ3n) is 3.34. The van der Waals surface area contributed by atoms with E-state index >= 15 is 0 Å². The van der Waals surface area contributed by atoms with Gasteiger partial charge in [-0.2, -0.15) is 0 Å². The molecule has 1 amide bonds. The van der Waals surface area contributed by atoms with Crippen molar-refractivity contribution < 1.29 is 19.8 Å². The van der Waals surface area contributed by atoms with Crippen LogP contribution in [0.2, 0.25) is 0 Å². The first-order valence-corrected chi connectivity index (χ1v) is 5.86. The largest absolute Gasteiger partial charge is 0.481 e. The molecule has 0 spiro atoms. The maximum absolute atomic E-state index is 12.0. The molecule has 6 nitrogen and oxygen atoms in total. The van der Waals surface area contributed by atoms with Crippen LogP contribution in [0.25, 0.3) is 0 Å². The number of aliphatic hydroxyl groups excluding tert-OH is 1. The van der Waals surface area contributed by atoms with Gasteiger partial charge in [0, 0.05) is 13.0 Å². The molecular formula is C11H20N2O4. The summed E-state index contributed by atoms with van der Waals surface area (Å²) in [5.41, 5.74) is 5.67. The molecule has 6 heteroatoms. The highest BCUT2D eigenvalue weighted by Crippen LogP contribution is 2.24. The number of hydrogen-bond donors (Lipinski definition) is 3. The summed E-state index contributed by atoms with van der Waals surface area (Å²) >= 11 is 0. The maximum atomic E-state index is 12.0. The molecule has 0 aliphatic carbocycles. The van der Waals surface area contributed by atoms with Crippen LogP contribution in [0.4, 0.5) is 0 Å². The zero-order chi connectivity index (χ0) is 13.0. The quantitative estimate of drug-likeness (QED) is 0.599. The van der Waals surface area contributed by atoms with E-state index in [-0.39, 0.29) is 37.3 Å². The van der Waals surface area contributed by atoms with E-state index in [9.17, 15) is 14.7 Å². The number of nitrogens with two attached hydrogens (primary N) is 1. The number of hydrogen-bond acceptors (Lipinski definition) is 4. The van der Waals surface area contributed by atoms with Gasteiger partial charge in [-0.3, -0.25) is 9.59 Å². The van der Waals surface area contributed by atoms with E-state index in [2.05, 4.69) is 0 Å². The molecule has 1 aliphatic heterocycles. The SMILES string of the molecule is CC1CCN(C(=O)C(N)CCC(=O)O)C1CO. The summed E-state index contributed by atoms with van der Waals surface area (Å²) in [6.07, 6.45) is 0.875. The average molecular weight is 244 g/mol. The molecule has 3 unspecified atom stereocenters. The van der Waals surface area contributed by atoms with E-state index < -0.39 is 12.0 Å². The molecule has 1 aliphatic rings. The van der Waals surface area contributed by atoms with Gasteiger partial charge in [0.15, 0.2) is 0 Å². The Hall–Kier alpha value is -1.14. The fraction of sp³-hybridized carbons (Fsp3) is 0.818. The minimum atomic E-state index is -0.957. The first-order chi connectivity index (χ1) is 7.97. The van der Waals surface area contributed by atoms with E-state index in [4.69, 9.17) is 10.8 Å². The molecule has 3 atom stereocenters. The lowest BCUT2D eigenvalue weighted by Gasteiger charge is -2.27. The highest BCUT2D eigenvalue weighted by molar-refractivity contribution is 5.82. The van der Waals surface area contributed by atoms with Crippen LogP contribution >= 0.6 is 0 Å². The van der Waals surface area contributed by atoms with Gasteiger partial charge in [-0.25, -0.2) is 0 Å². The molecule has 1 heterocycles. The molecule has 0 aromatic carbocycles. The summed E-state index contributed by atoms with van der Waals surface area (Å²) in [6, 6.07) is -0.969. The number of carbonyl (C=O) groups excluding carboxylic acids is 1. The lowest BCUT2D eigenvalue weighted by Crippen LogP contribution is -2.48. The van der Waals surface area contributed by atoms with Crippen LogP contribution in [0.3, 0.4) is 0 Å². The molecule has 98 valence electrons. The molecule has 0 radical (unpaired) electrons. The van der Waals surface area contributed by atoms with Crippen molar-refractivity contribution in [1.29, 1.82) is 0 Å². The van der Waals surface area contributed by atoms with E-state index in [1.807, 2.05) is 6.92 Å². The normalized spacial score (nSPS) is 25.9. The molecule has 1 fully saturated rings. The second kappa shape index (κ2) is 5.97. The summed E-state index contributed by atoms with van der Waals surface area (Å²) < 4.78 is 0. The maximum Gasteiger partial charge on any atom is 0.303 e. The number of amides is 1. The fourth-order valence-electron chi connectivity index (χ4n) is 2.18. The summed E-state index contributed by atoms with van der Waals surface area (Å²) in [5, 5.41) is 17.8. The van der Waals surface area contributed by atoms with E-state index in [0.29, 0.717) is 6.54 Å². The number of carboxylic acid groups (broad SMARTS) is 1. The smallest absolute Gasteiger partial charge is 0.303 e. The monoisotopic (exact) mass is 244 g/mol. The van der Waals surface area contributed by atoms with Crippen molar-refractivity contribution in [2.75, 3.05) is 13.2 Å². The Morgan fingerprint density at radius 3 is 2.71 bits per heavy atom. The van der Waals surface area contributed by atoms with Gasteiger partial charge in [0.2, 0.25) is 5.91 Å². The topological polar surface area (TPSA) is 104 Å². The average Bonchev–Trinajstić information content (AvgIpc) is 2.66. The predicted molar refractivity (Wildman–Crippen MR) is 61.2 cm³/mol. The highest BCUT2D eigenvalue weighted by Gasteiger charge is 2.35. The third-order valence-corrected chi connectivity index (χ3v) is 3.34. The van der Waals surface area contributed by atoms with Gasteiger partial charge < -0.3 is 20.8 Å². The van der Waals surface area contributed by atoms with Crippen LogP contribution in [-0.2, 0) is 9.59 Å². The Bertz CT molecular complexity index is 295. The third kappa shape index (κ3) is 3.41. The highest BCUT2D eigenvalue weighted by atomic mass is 16.4. The van der Waals surface area contributed by atoms with E-state index in [1.54, 1.807) is 4.90 Å². The first kappa shape index (κ1) is 13.9. The van der Waals surface area contributed by atoms with Gasteiger partial charge in [0.1, 0.15) is 0 Å². The van der Waals surface area contributed by atoms with Crippen LogP contribution in [0.15, 0.2) is 0 Å². The molecule has 0 aromatic rings. The van der Waals surface area contributed by atoms with Crippen LogP contribution < -0.4 is 5.73 Å². The molecule has 17 heavy (non-hydrogen) atoms. The zero-order valence-electron chi connectivity index (χ0n) is 10.0. The molecule has 4 N–H and O–H groups in total. The van der Waals surface area contributed by atoms with Crippen molar-refractivity contribution in [2.24, 2.45) is 11.7 Å². The van der Waals surface area contributed by atoms with Crippen molar-refractivity contribution >= 4 is 11.9 Å². The summed E-state index contributed by atoms with van der Waals surface area (Å²) in [6.45, 7) is 2.50. The second-order valence-corrected chi connectivity index (χ2v) is 4.59. The van der Waals surface area contributed by atoms with Crippen molar-refractivity contribution in [3.05, 3.63) is 0 Å². The van der Waals surface area contributed by atoms with Gasteiger partial charge in [0.25, 0.3) is 0 Å². The molecular weight excluding hydrogens is 224 g/mol. The van der Waals surface area contributed by atoms with Crippen LogP contribution in [0, 0.1) is 5.92 Å². The standard InChI is InChI=1S/C11H20N2O4/c1-7-4-5-13(9(7)6-14)11(17)8(12)2-3-10(15)16/h7-9,14H,2-6,12H2,1H3,(H,15,16). The Morgan fingerprint density at radius 2 is 2.18 bits per heavy atom. The number of nitrogens with zero attached hydrogens (tertiary/aromatic N) is 1. The van der Waals surface area contributed by atoms with Crippen LogP contribution in [-0.4, -0.2) is 52.2 Å². The summed E-state index contributed by atoms with van der Waals surface area (Å²) in [4.78, 5) is 23.9. The van der Waals surface area contributed by atoms with E-state index in [1.165, 1.54) is 0 Å². The predicted octanol–water partition coefficient (Wildman–Crippen LogP) is -0.592. The fourth-order valence-corrected chi connectivity index (χ4v) is 2.18. The molecule has 1 rings (SSSR count). The Kier molecular flexibility index (Phi) is 4.89. The Labute approximate surface area is 100 Å². The van der Waals surface area contributed by atoms with Gasteiger partial charge in [0.05, 0.1) is 18.7 Å². The summed E-state index contributed by atoms with van der Waals surface area (Å²) in [5.74, 6) is -0.952. The molecule has 0 bridgehead atoms. The Balaban J connectivity index is 2.54. The number of rotatable bonds is 5. The molecule has 0 aromatic heterocycles. The number of aliphatic hydroxyl groups is 1. The second-order valence-electron chi connectivity index (χ2n) is 4.59. The minimum Gasteiger partial charge on any atom is -0.481 e. The first-order valence-electron chi connectivity index (χ1n) is 5.86. The van der Waals surface area contributed by atoms with Gasteiger partial charge in [-0.15, -0.1) is 0 Å². The van der Waals surface area contributed by atoms with Crippen molar-refractivity contribution in [1.82, 2.24) is 4.90 Å². The van der Waals surface area contributed by atoms with Crippen molar-refractivity contribution in [2.45, 2.75) is 38.3 Å². The molecule has 1 saturated heterocycles. The van der Waals surface area contributed by atoms with Crippen LogP contribution in [0.1, 0.15) is 26.2 Å². The number of carboxylic acids is 1. The van der Waals surface area contributed by atoms with Gasteiger partial charge >= 0.3 is 5.97 Å². The van der Waals surface area contributed by atoms with Crippen LogP contribution in [0.5, 0.6) is 0 Å². The van der Waals surface area contributed by atoms with Gasteiger partial charge in [-0.1, -0.05) is 6.92 Å². The zero-order valence-corrected chi connectivity index (χ0v) is 10.0. The van der Waals surface area contributed by atoms with Crippen molar-refractivity contribution in [3.63, 3.8) is 0 Å². The van der Waals surface area contributed by atoms with Crippen molar-refractivity contribution in [3.8, 4) is 0 Å². The lowest BCUT2D eigenvalue weighted by atomic mass is 10.0. The summed E-state index contributed by atoms with van der Waals surface area (Å²) in [7, 11) is 0. The van der Waals surface area contributed by atoms with Gasteiger partial charge in [-0.05, 0) is 18.8 Å². The number of carbonyl (C=O) groups is 2.